The average Bonchev–Trinajstić information content (AvgIpc) is 2.15. The number of rotatable bonds is 1. The minimum absolute atomic E-state index is 0.0961. The zero-order valence-electron chi connectivity index (χ0n) is 8.08. The molecule has 1 heteroatoms. The molecule has 11 heavy (non-hydrogen) atoms. The average molecular weight is 158 g/mol. The third-order valence-electron chi connectivity index (χ3n) is 3.62. The quantitative estimate of drug-likeness (QED) is 0.547. The van der Waals surface area contributed by atoms with E-state index >= 15 is 0 Å². The fraction of sp³-hybridized carbons (Fsp3) is 1.00. The molecule has 1 unspecified atom stereocenters. The highest BCUT2D eigenvalue weighted by Gasteiger charge is 2.52. The summed E-state index contributed by atoms with van der Waals surface area (Å²) in [7, 11) is 0. The molecule has 0 N–H and O–H groups in total. The zero-order valence-corrected chi connectivity index (χ0v) is 8.08. The van der Waals surface area contributed by atoms with E-state index in [9.17, 15) is 4.39 Å². The summed E-state index contributed by atoms with van der Waals surface area (Å²) in [6.07, 6.45) is 2.76. The predicted molar refractivity (Wildman–Crippen MR) is 46.3 cm³/mol. The van der Waals surface area contributed by atoms with Gasteiger partial charge in [-0.25, -0.2) is 4.39 Å². The van der Waals surface area contributed by atoms with Crippen molar-refractivity contribution in [3.8, 4) is 0 Å². The van der Waals surface area contributed by atoms with Gasteiger partial charge in [-0.1, -0.05) is 27.7 Å². The second-order valence-corrected chi connectivity index (χ2v) is 4.54. The summed E-state index contributed by atoms with van der Waals surface area (Å²) >= 11 is 0. The number of alkyl halides is 1. The fourth-order valence-corrected chi connectivity index (χ4v) is 2.51. The second-order valence-electron chi connectivity index (χ2n) is 4.54. The summed E-state index contributed by atoms with van der Waals surface area (Å²) in [5.41, 5.74) is -1.01. The van der Waals surface area contributed by atoms with Crippen molar-refractivity contribution in [3.05, 3.63) is 0 Å². The lowest BCUT2D eigenvalue weighted by molar-refractivity contribution is 0.0109. The lowest BCUT2D eigenvalue weighted by Crippen LogP contribution is -2.38. The first-order valence-electron chi connectivity index (χ1n) is 4.63. The minimum Gasteiger partial charge on any atom is -0.243 e. The summed E-state index contributed by atoms with van der Waals surface area (Å²) in [6.45, 7) is 8.11. The van der Waals surface area contributed by atoms with Gasteiger partial charge in [0.05, 0.1) is 0 Å². The topological polar surface area (TPSA) is 0 Å². The van der Waals surface area contributed by atoms with E-state index < -0.39 is 5.67 Å². The molecule has 0 aromatic carbocycles. The standard InChI is InChI=1S/C10H19F/c1-5-10(11)8(2)6-7-9(10,3)4/h8H,5-7H2,1-4H3/t8?,10-/m1/s1. The molecule has 1 aliphatic rings. The largest absolute Gasteiger partial charge is 0.243 e. The van der Waals surface area contributed by atoms with Gasteiger partial charge in [0.1, 0.15) is 5.67 Å². The maximum absolute atomic E-state index is 14.2. The van der Waals surface area contributed by atoms with Gasteiger partial charge in [0, 0.05) is 0 Å². The molecule has 0 nitrogen and oxygen atoms in total. The number of hydrogen-bond acceptors (Lipinski definition) is 0. The molecule has 0 aliphatic heterocycles. The third kappa shape index (κ3) is 1.09. The van der Waals surface area contributed by atoms with E-state index in [1.54, 1.807) is 0 Å². The molecule has 1 fully saturated rings. The van der Waals surface area contributed by atoms with Crippen molar-refractivity contribution < 1.29 is 4.39 Å². The van der Waals surface area contributed by atoms with E-state index in [0.29, 0.717) is 6.42 Å². The first kappa shape index (κ1) is 9.02. The zero-order chi connectivity index (χ0) is 8.70. The van der Waals surface area contributed by atoms with E-state index in [1.807, 2.05) is 13.8 Å². The van der Waals surface area contributed by atoms with Crippen LogP contribution in [0.4, 0.5) is 4.39 Å². The molecule has 0 aromatic rings. The Morgan fingerprint density at radius 2 is 2.00 bits per heavy atom. The summed E-state index contributed by atoms with van der Waals surface area (Å²) < 4.78 is 14.2. The van der Waals surface area contributed by atoms with Gasteiger partial charge in [-0.2, -0.15) is 0 Å². The summed E-state index contributed by atoms with van der Waals surface area (Å²) in [5.74, 6) is 0.252. The maximum atomic E-state index is 14.2. The van der Waals surface area contributed by atoms with Crippen LogP contribution in [0.1, 0.15) is 47.0 Å². The third-order valence-corrected chi connectivity index (χ3v) is 3.62. The first-order valence-corrected chi connectivity index (χ1v) is 4.63. The highest BCUT2D eigenvalue weighted by molar-refractivity contribution is 5.02. The van der Waals surface area contributed by atoms with E-state index in [2.05, 4.69) is 13.8 Å². The molecule has 1 rings (SSSR count). The SMILES string of the molecule is CC[C@@]1(F)C(C)CCC1(C)C. The van der Waals surface area contributed by atoms with Crippen LogP contribution in [0.5, 0.6) is 0 Å². The van der Waals surface area contributed by atoms with Crippen molar-refractivity contribution in [2.45, 2.75) is 52.6 Å². The van der Waals surface area contributed by atoms with E-state index in [4.69, 9.17) is 0 Å². The Morgan fingerprint density at radius 1 is 1.45 bits per heavy atom. The van der Waals surface area contributed by atoms with Gasteiger partial charge in [-0.3, -0.25) is 0 Å². The normalized spacial score (nSPS) is 42.8. The molecule has 0 amide bonds. The molecule has 66 valence electrons. The molecule has 1 aliphatic carbocycles. The van der Waals surface area contributed by atoms with Crippen molar-refractivity contribution in [1.29, 1.82) is 0 Å². The van der Waals surface area contributed by atoms with E-state index in [-0.39, 0.29) is 11.3 Å². The molecule has 1 saturated carbocycles. The Labute approximate surface area is 69.2 Å². The second kappa shape index (κ2) is 2.46. The van der Waals surface area contributed by atoms with Crippen LogP contribution in [0.3, 0.4) is 0 Å². The molecule has 0 spiro atoms. The van der Waals surface area contributed by atoms with Crippen LogP contribution in [-0.2, 0) is 0 Å². The molecule has 0 radical (unpaired) electrons. The van der Waals surface area contributed by atoms with E-state index in [0.717, 1.165) is 12.8 Å². The highest BCUT2D eigenvalue weighted by atomic mass is 19.1. The van der Waals surface area contributed by atoms with Crippen LogP contribution < -0.4 is 0 Å². The van der Waals surface area contributed by atoms with Crippen LogP contribution in [0, 0.1) is 11.3 Å². The predicted octanol–water partition coefficient (Wildman–Crippen LogP) is 3.56. The Bertz CT molecular complexity index is 151. The van der Waals surface area contributed by atoms with E-state index in [1.165, 1.54) is 0 Å². The number of hydrogen-bond donors (Lipinski definition) is 0. The minimum atomic E-state index is -0.910. The Morgan fingerprint density at radius 3 is 2.18 bits per heavy atom. The van der Waals surface area contributed by atoms with Crippen molar-refractivity contribution in [3.63, 3.8) is 0 Å². The van der Waals surface area contributed by atoms with Gasteiger partial charge in [-0.05, 0) is 30.6 Å². The van der Waals surface area contributed by atoms with Crippen molar-refractivity contribution >= 4 is 0 Å². The van der Waals surface area contributed by atoms with Crippen LogP contribution in [0.2, 0.25) is 0 Å². The first-order chi connectivity index (χ1) is 4.94. The number of halogens is 1. The molecular weight excluding hydrogens is 139 g/mol. The fourth-order valence-electron chi connectivity index (χ4n) is 2.51. The maximum Gasteiger partial charge on any atom is 0.118 e. The van der Waals surface area contributed by atoms with Crippen molar-refractivity contribution in [2.75, 3.05) is 0 Å². The smallest absolute Gasteiger partial charge is 0.118 e. The van der Waals surface area contributed by atoms with Crippen LogP contribution in [0.25, 0.3) is 0 Å². The molecule has 0 heterocycles. The monoisotopic (exact) mass is 158 g/mol. The summed E-state index contributed by atoms with van der Waals surface area (Å²) in [5, 5.41) is 0. The Hall–Kier alpha value is -0.0700. The summed E-state index contributed by atoms with van der Waals surface area (Å²) in [4.78, 5) is 0. The molecular formula is C10H19F. The van der Waals surface area contributed by atoms with Gasteiger partial charge in [-0.15, -0.1) is 0 Å². The molecule has 0 bridgehead atoms. The van der Waals surface area contributed by atoms with Gasteiger partial charge < -0.3 is 0 Å². The Kier molecular flexibility index (Phi) is 2.02. The van der Waals surface area contributed by atoms with Gasteiger partial charge in [0.15, 0.2) is 0 Å². The van der Waals surface area contributed by atoms with Gasteiger partial charge >= 0.3 is 0 Å². The molecule has 0 saturated heterocycles. The lowest BCUT2D eigenvalue weighted by atomic mass is 9.74. The lowest BCUT2D eigenvalue weighted by Gasteiger charge is -2.36. The Balaban J connectivity index is 2.88. The van der Waals surface area contributed by atoms with Gasteiger partial charge in [0.2, 0.25) is 0 Å². The van der Waals surface area contributed by atoms with Crippen molar-refractivity contribution in [1.82, 2.24) is 0 Å². The van der Waals surface area contributed by atoms with Crippen LogP contribution in [-0.4, -0.2) is 5.67 Å². The molecule has 2 atom stereocenters. The molecule has 0 aromatic heterocycles. The van der Waals surface area contributed by atoms with Gasteiger partial charge in [0.25, 0.3) is 0 Å². The van der Waals surface area contributed by atoms with Crippen LogP contribution >= 0.6 is 0 Å². The highest BCUT2D eigenvalue weighted by Crippen LogP contribution is 2.53. The summed E-state index contributed by atoms with van der Waals surface area (Å²) in [6, 6.07) is 0. The van der Waals surface area contributed by atoms with Crippen LogP contribution in [0.15, 0.2) is 0 Å². The van der Waals surface area contributed by atoms with Crippen molar-refractivity contribution in [2.24, 2.45) is 11.3 Å².